The van der Waals surface area contributed by atoms with Gasteiger partial charge in [0.2, 0.25) is 0 Å². The first kappa shape index (κ1) is 45.2. The minimum absolute atomic E-state index is 0.0520. The molecule has 5 aromatic carbocycles. The number of hydrogen-bond donors (Lipinski definition) is 0. The molecule has 334 valence electrons. The van der Waals surface area contributed by atoms with E-state index < -0.39 is 44.3 Å². The quantitative estimate of drug-likeness (QED) is 0.0537. The molecule has 4 unspecified atom stereocenters. The highest BCUT2D eigenvalue weighted by atomic mass is 31.2. The number of ether oxygens (including phenoxy) is 4. The number of rotatable bonds is 16. The Bertz CT molecular complexity index is 2820. The summed E-state index contributed by atoms with van der Waals surface area (Å²) in [5.74, 6) is 0.950. The first-order chi connectivity index (χ1) is 31.1. The molecule has 0 radical (unpaired) electrons. The van der Waals surface area contributed by atoms with Crippen molar-refractivity contribution in [2.75, 3.05) is 25.5 Å². The third-order valence-electron chi connectivity index (χ3n) is 11.8. The predicted molar refractivity (Wildman–Crippen MR) is 255 cm³/mol. The maximum atomic E-state index is 14.7. The molecular formula is C53H52O10P2. The second-order valence-electron chi connectivity index (χ2n) is 17.1. The summed E-state index contributed by atoms with van der Waals surface area (Å²) in [4.78, 5) is 25.6. The molecular weight excluding hydrogens is 859 g/mol. The molecule has 4 atom stereocenters. The normalized spacial score (nSPS) is 19.1. The fourth-order valence-corrected chi connectivity index (χ4v) is 13.2. The van der Waals surface area contributed by atoms with Crippen molar-refractivity contribution in [2.24, 2.45) is 0 Å². The number of carbonyl (C=O) groups excluding carboxylic acids is 2. The van der Waals surface area contributed by atoms with Crippen LogP contribution in [0.15, 0.2) is 163 Å². The molecule has 0 aromatic heterocycles. The van der Waals surface area contributed by atoms with Crippen LogP contribution in [0.5, 0.6) is 23.0 Å². The van der Waals surface area contributed by atoms with E-state index in [0.717, 1.165) is 46.2 Å². The molecule has 1 aliphatic carbocycles. The van der Waals surface area contributed by atoms with Gasteiger partial charge in [0.25, 0.3) is 14.7 Å². The number of benzene rings is 5. The fraction of sp³-hybridized carbons (Fsp3) is 0.245. The van der Waals surface area contributed by atoms with Crippen molar-refractivity contribution in [3.05, 3.63) is 180 Å². The van der Waals surface area contributed by atoms with Crippen LogP contribution in [-0.2, 0) is 33.6 Å². The second-order valence-corrected chi connectivity index (χ2v) is 21.9. The molecule has 0 bridgehead atoms. The van der Waals surface area contributed by atoms with Crippen LogP contribution in [0.1, 0.15) is 57.2 Å². The van der Waals surface area contributed by atoms with Gasteiger partial charge in [0.15, 0.2) is 0 Å². The lowest BCUT2D eigenvalue weighted by Gasteiger charge is -2.33. The maximum absolute atomic E-state index is 14.7. The lowest BCUT2D eigenvalue weighted by molar-refractivity contribution is -0.145. The zero-order valence-electron chi connectivity index (χ0n) is 37.0. The summed E-state index contributed by atoms with van der Waals surface area (Å²) in [7, 11) is -7.05. The molecule has 3 aliphatic rings. The summed E-state index contributed by atoms with van der Waals surface area (Å²) in [6.07, 6.45) is 3.51. The van der Waals surface area contributed by atoms with E-state index in [-0.39, 0.29) is 36.7 Å². The summed E-state index contributed by atoms with van der Waals surface area (Å²) < 4.78 is 65.8. The molecule has 0 N–H and O–H groups in total. The minimum atomic E-state index is -3.55. The molecule has 0 amide bonds. The van der Waals surface area contributed by atoms with Crippen molar-refractivity contribution in [3.63, 3.8) is 0 Å². The number of allylic oxidation sites excluding steroid dienone is 4. The molecule has 0 spiro atoms. The van der Waals surface area contributed by atoms with Crippen molar-refractivity contribution in [3.8, 4) is 34.1 Å². The monoisotopic (exact) mass is 910 g/mol. The summed E-state index contributed by atoms with van der Waals surface area (Å²) in [6.45, 7) is 14.7. The predicted octanol–water partition coefficient (Wildman–Crippen LogP) is 11.8. The Morgan fingerprint density at radius 1 is 0.631 bits per heavy atom. The van der Waals surface area contributed by atoms with Crippen LogP contribution in [0.2, 0.25) is 0 Å². The van der Waals surface area contributed by atoms with Crippen LogP contribution in [0.3, 0.4) is 0 Å². The zero-order valence-corrected chi connectivity index (χ0v) is 38.8. The van der Waals surface area contributed by atoms with E-state index in [4.69, 9.17) is 28.0 Å². The number of esters is 2. The smallest absolute Gasteiger partial charge is 0.333 e. The van der Waals surface area contributed by atoms with Gasteiger partial charge in [-0.3, -0.25) is 9.13 Å². The average Bonchev–Trinajstić information content (AvgIpc) is 3.30. The van der Waals surface area contributed by atoms with E-state index in [2.05, 4.69) is 27.0 Å². The highest BCUT2D eigenvalue weighted by Crippen LogP contribution is 2.64. The fourth-order valence-electron chi connectivity index (χ4n) is 8.26. The molecule has 5 aromatic rings. The molecule has 0 fully saturated rings. The van der Waals surface area contributed by atoms with Gasteiger partial charge >= 0.3 is 11.9 Å². The second kappa shape index (κ2) is 18.6. The molecule has 2 heterocycles. The Balaban J connectivity index is 0.931. The van der Waals surface area contributed by atoms with Crippen molar-refractivity contribution in [1.29, 1.82) is 0 Å². The first-order valence-corrected chi connectivity index (χ1v) is 25.2. The highest BCUT2D eigenvalue weighted by Gasteiger charge is 2.42. The van der Waals surface area contributed by atoms with Gasteiger partial charge in [-0.15, -0.1) is 0 Å². The van der Waals surface area contributed by atoms with E-state index in [1.54, 1.807) is 26.0 Å². The molecule has 65 heavy (non-hydrogen) atoms. The Morgan fingerprint density at radius 2 is 1.09 bits per heavy atom. The molecule has 0 saturated heterocycles. The lowest BCUT2D eigenvalue weighted by Crippen LogP contribution is -2.33. The van der Waals surface area contributed by atoms with Crippen molar-refractivity contribution < 1.29 is 46.7 Å². The summed E-state index contributed by atoms with van der Waals surface area (Å²) in [6, 6.07) is 37.8. The molecule has 12 heteroatoms. The van der Waals surface area contributed by atoms with Gasteiger partial charge in [0.05, 0.1) is 22.9 Å². The lowest BCUT2D eigenvalue weighted by atomic mass is 9.78. The summed E-state index contributed by atoms with van der Waals surface area (Å²) >= 11 is 0. The van der Waals surface area contributed by atoms with Crippen LogP contribution in [0.4, 0.5) is 0 Å². The Morgan fingerprint density at radius 3 is 1.65 bits per heavy atom. The van der Waals surface area contributed by atoms with Crippen LogP contribution in [-0.4, -0.2) is 49.7 Å². The molecule has 2 aliphatic heterocycles. The van der Waals surface area contributed by atoms with E-state index >= 15 is 0 Å². The van der Waals surface area contributed by atoms with Crippen LogP contribution in [0.25, 0.3) is 16.7 Å². The van der Waals surface area contributed by atoms with E-state index in [9.17, 15) is 18.7 Å². The number of fused-ring (bicyclic) bond motifs is 5. The van der Waals surface area contributed by atoms with Gasteiger partial charge in [-0.2, -0.15) is 0 Å². The first-order valence-electron chi connectivity index (χ1n) is 21.6. The van der Waals surface area contributed by atoms with Gasteiger partial charge in [0.1, 0.15) is 48.4 Å². The average molecular weight is 911 g/mol. The van der Waals surface area contributed by atoms with Gasteiger partial charge < -0.3 is 28.0 Å². The third kappa shape index (κ3) is 9.71. The largest absolute Gasteiger partial charge is 0.490 e. The number of para-hydroxylation sites is 2. The van der Waals surface area contributed by atoms with Crippen molar-refractivity contribution >= 4 is 37.6 Å². The van der Waals surface area contributed by atoms with Gasteiger partial charge in [-0.1, -0.05) is 118 Å². The third-order valence-corrected chi connectivity index (χ3v) is 16.9. The van der Waals surface area contributed by atoms with E-state index in [1.807, 2.05) is 121 Å². The molecule has 8 rings (SSSR count). The maximum Gasteiger partial charge on any atom is 0.333 e. The highest BCUT2D eigenvalue weighted by molar-refractivity contribution is 7.67. The Labute approximate surface area is 380 Å². The van der Waals surface area contributed by atoms with Crippen LogP contribution in [0, 0.1) is 0 Å². The van der Waals surface area contributed by atoms with Gasteiger partial charge in [-0.25, -0.2) is 9.59 Å². The zero-order chi connectivity index (χ0) is 45.9. The van der Waals surface area contributed by atoms with Crippen molar-refractivity contribution in [1.82, 2.24) is 0 Å². The van der Waals surface area contributed by atoms with Gasteiger partial charge in [0, 0.05) is 27.7 Å². The van der Waals surface area contributed by atoms with E-state index in [1.165, 1.54) is 0 Å². The van der Waals surface area contributed by atoms with Crippen LogP contribution >= 0.6 is 14.7 Å². The van der Waals surface area contributed by atoms with Gasteiger partial charge in [-0.05, 0) is 91.4 Å². The van der Waals surface area contributed by atoms with E-state index in [0.29, 0.717) is 33.6 Å². The number of hydrogen-bond acceptors (Lipinski definition) is 10. The SMILES string of the molecule is C=C(C)C(=O)OC(COc1ccc(C(C)(C)c2ccc(OCC(CP3(=O)Oc4ccccc4-c4ccccc43)OC(=O)C(=C)C)cc2)cc1)CP1(=O)Oc2ccccc2C2=C1C=CCC2. The molecule has 10 nitrogen and oxygen atoms in total. The standard InChI is InChI=1S/C53H52O10P2/c1-35(2)51(54)60-41(33-64(56)49-21-13-9-17-45(49)43-15-7-11-19-47(43)62-64)31-58-39-27-23-37(24-28-39)53(5,6)38-25-29-40(30-26-38)59-32-42(61-52(55)36(3)4)34-65(57)50-22-14-10-18-46(50)44-16-8-12-20-48(44)63-65/h7-9,11-17,19-30,41-42H,1,3,10,18,31-34H2,2,4-6H3. The van der Waals surface area contributed by atoms with Crippen molar-refractivity contribution in [2.45, 2.75) is 58.2 Å². The number of carbonyl (C=O) groups is 2. The Hall–Kier alpha value is -6.34. The molecule has 0 saturated carbocycles. The Kier molecular flexibility index (Phi) is 13.0. The summed E-state index contributed by atoms with van der Waals surface area (Å²) in [5.41, 5.74) is 5.62. The minimum Gasteiger partial charge on any atom is -0.490 e. The topological polar surface area (TPSA) is 124 Å². The summed E-state index contributed by atoms with van der Waals surface area (Å²) in [5, 5.41) is 1.22. The van der Waals surface area contributed by atoms with Crippen LogP contribution < -0.4 is 23.8 Å².